The fraction of sp³-hybridized carbons (Fsp3) is 0.227. The number of hydrogen-bond donors (Lipinski definition) is 1. The number of likely N-dealkylation sites (N-methyl/N-ethyl adjacent to an activating group) is 1. The summed E-state index contributed by atoms with van der Waals surface area (Å²) in [6.07, 6.45) is 1.88. The summed E-state index contributed by atoms with van der Waals surface area (Å²) in [5.74, 6) is -0.237. The molecule has 1 aliphatic rings. The predicted molar refractivity (Wildman–Crippen MR) is 128 cm³/mol. The first-order valence-electron chi connectivity index (χ1n) is 9.43. The summed E-state index contributed by atoms with van der Waals surface area (Å²) < 4.78 is 6.80. The quantitative estimate of drug-likeness (QED) is 0.403. The van der Waals surface area contributed by atoms with Crippen LogP contribution in [-0.2, 0) is 11.4 Å². The fourth-order valence-electron chi connectivity index (χ4n) is 2.82. The Labute approximate surface area is 193 Å². The molecular formula is C22H21IN2O4S. The SMILES string of the molecule is CCN=C1S/C(=C\c2ccc(OCc3ccc(C(=O)O)cc3)c(I)c2)C(=O)N1CC. The highest BCUT2D eigenvalue weighted by molar-refractivity contribution is 14.1. The summed E-state index contributed by atoms with van der Waals surface area (Å²) in [5, 5.41) is 9.72. The molecule has 1 N–H and O–H groups in total. The van der Waals surface area contributed by atoms with Crippen LogP contribution in [-0.4, -0.2) is 40.1 Å². The molecule has 156 valence electrons. The number of hydrogen-bond acceptors (Lipinski definition) is 5. The summed E-state index contributed by atoms with van der Waals surface area (Å²) in [6, 6.07) is 12.4. The van der Waals surface area contributed by atoms with Gasteiger partial charge < -0.3 is 9.84 Å². The van der Waals surface area contributed by atoms with Gasteiger partial charge in [-0.1, -0.05) is 18.2 Å². The minimum Gasteiger partial charge on any atom is -0.488 e. The zero-order valence-electron chi connectivity index (χ0n) is 16.6. The van der Waals surface area contributed by atoms with Gasteiger partial charge in [0, 0.05) is 13.1 Å². The number of aromatic carboxylic acids is 1. The topological polar surface area (TPSA) is 79.2 Å². The number of rotatable bonds is 7. The number of nitrogens with zero attached hydrogens (tertiary/aromatic N) is 2. The second-order valence-electron chi connectivity index (χ2n) is 6.40. The first kappa shape index (κ1) is 22.4. The molecule has 30 heavy (non-hydrogen) atoms. The van der Waals surface area contributed by atoms with Crippen LogP contribution in [0.25, 0.3) is 6.08 Å². The zero-order chi connectivity index (χ0) is 21.7. The molecule has 0 unspecified atom stereocenters. The summed E-state index contributed by atoms with van der Waals surface area (Å²) in [5.41, 5.74) is 2.05. The smallest absolute Gasteiger partial charge is 0.335 e. The first-order chi connectivity index (χ1) is 14.4. The van der Waals surface area contributed by atoms with Crippen LogP contribution in [0.2, 0.25) is 0 Å². The van der Waals surface area contributed by atoms with Crippen molar-refractivity contribution in [1.29, 1.82) is 0 Å². The van der Waals surface area contributed by atoms with Crippen molar-refractivity contribution < 1.29 is 19.4 Å². The molecule has 1 heterocycles. The minimum atomic E-state index is -0.948. The van der Waals surface area contributed by atoms with Crippen LogP contribution in [0.5, 0.6) is 5.75 Å². The maximum absolute atomic E-state index is 12.6. The number of amides is 1. The number of aliphatic imine (C=N–C) groups is 1. The number of carbonyl (C=O) groups excluding carboxylic acids is 1. The van der Waals surface area contributed by atoms with Crippen molar-refractivity contribution in [2.45, 2.75) is 20.5 Å². The van der Waals surface area contributed by atoms with Gasteiger partial charge in [0.1, 0.15) is 12.4 Å². The summed E-state index contributed by atoms with van der Waals surface area (Å²) in [7, 11) is 0. The second-order valence-corrected chi connectivity index (χ2v) is 8.57. The lowest BCUT2D eigenvalue weighted by molar-refractivity contribution is -0.122. The van der Waals surface area contributed by atoms with Gasteiger partial charge in [0.25, 0.3) is 5.91 Å². The third-order valence-corrected chi connectivity index (χ3v) is 6.23. The van der Waals surface area contributed by atoms with Crippen LogP contribution in [0.4, 0.5) is 0 Å². The lowest BCUT2D eigenvalue weighted by Gasteiger charge is -2.11. The van der Waals surface area contributed by atoms with E-state index in [2.05, 4.69) is 27.6 Å². The first-order valence-corrected chi connectivity index (χ1v) is 11.3. The van der Waals surface area contributed by atoms with Crippen molar-refractivity contribution in [2.24, 2.45) is 4.99 Å². The lowest BCUT2D eigenvalue weighted by Crippen LogP contribution is -2.28. The van der Waals surface area contributed by atoms with E-state index in [0.717, 1.165) is 25.6 Å². The molecular weight excluding hydrogens is 515 g/mol. The standard InChI is InChI=1S/C22H21IN2O4S/c1-3-24-22-25(4-2)20(26)19(30-22)12-15-7-10-18(17(23)11-15)29-13-14-5-8-16(9-6-14)21(27)28/h5-12H,3-4,13H2,1-2H3,(H,27,28)/b19-12-,24-22?. The Hall–Kier alpha value is -2.33. The molecule has 3 rings (SSSR count). The van der Waals surface area contributed by atoms with E-state index in [1.165, 1.54) is 11.8 Å². The van der Waals surface area contributed by atoms with Gasteiger partial charge in [0.05, 0.1) is 14.0 Å². The largest absolute Gasteiger partial charge is 0.488 e. The highest BCUT2D eigenvalue weighted by Crippen LogP contribution is 2.33. The van der Waals surface area contributed by atoms with E-state index in [1.54, 1.807) is 29.2 Å². The number of ether oxygens (including phenoxy) is 1. The normalized spacial score (nSPS) is 16.5. The number of carboxylic acid groups (broad SMARTS) is 1. The number of thioether (sulfide) groups is 1. The van der Waals surface area contributed by atoms with E-state index in [-0.39, 0.29) is 11.5 Å². The Kier molecular flexibility index (Phi) is 7.54. The van der Waals surface area contributed by atoms with Gasteiger partial charge in [-0.2, -0.15) is 0 Å². The van der Waals surface area contributed by atoms with Gasteiger partial charge in [0.15, 0.2) is 5.17 Å². The fourth-order valence-corrected chi connectivity index (χ4v) is 4.62. The molecule has 0 radical (unpaired) electrons. The van der Waals surface area contributed by atoms with Crippen LogP contribution in [0, 0.1) is 3.57 Å². The number of carbonyl (C=O) groups is 2. The molecule has 1 fully saturated rings. The Morgan fingerprint density at radius 2 is 1.97 bits per heavy atom. The predicted octanol–water partition coefficient (Wildman–Crippen LogP) is 4.88. The third kappa shape index (κ3) is 5.23. The van der Waals surface area contributed by atoms with Crippen molar-refractivity contribution in [3.8, 4) is 5.75 Å². The average molecular weight is 536 g/mol. The van der Waals surface area contributed by atoms with E-state index in [4.69, 9.17) is 9.84 Å². The van der Waals surface area contributed by atoms with Crippen molar-refractivity contribution in [3.63, 3.8) is 0 Å². The van der Waals surface area contributed by atoms with Crippen molar-refractivity contribution in [2.75, 3.05) is 13.1 Å². The minimum absolute atomic E-state index is 0.0187. The molecule has 1 aliphatic heterocycles. The lowest BCUT2D eigenvalue weighted by atomic mass is 10.1. The monoisotopic (exact) mass is 536 g/mol. The number of halogens is 1. The zero-order valence-corrected chi connectivity index (χ0v) is 19.6. The van der Waals surface area contributed by atoms with Crippen LogP contribution in [0.1, 0.15) is 35.3 Å². The molecule has 2 aromatic carbocycles. The van der Waals surface area contributed by atoms with Crippen LogP contribution in [0.3, 0.4) is 0 Å². The Morgan fingerprint density at radius 1 is 1.23 bits per heavy atom. The highest BCUT2D eigenvalue weighted by Gasteiger charge is 2.31. The molecule has 0 atom stereocenters. The van der Waals surface area contributed by atoms with Gasteiger partial charge in [-0.05, 0) is 89.7 Å². The van der Waals surface area contributed by atoms with E-state index >= 15 is 0 Å². The van der Waals surface area contributed by atoms with Crippen molar-refractivity contribution in [3.05, 3.63) is 67.6 Å². The maximum atomic E-state index is 12.6. The van der Waals surface area contributed by atoms with Gasteiger partial charge in [0.2, 0.25) is 0 Å². The molecule has 6 nitrogen and oxygen atoms in total. The molecule has 0 bridgehead atoms. The second kappa shape index (κ2) is 10.1. The van der Waals surface area contributed by atoms with Crippen molar-refractivity contribution >= 4 is 57.5 Å². The molecule has 1 amide bonds. The molecule has 0 aromatic heterocycles. The number of carboxylic acids is 1. The van der Waals surface area contributed by atoms with Crippen LogP contribution >= 0.6 is 34.4 Å². The molecule has 0 aliphatic carbocycles. The number of benzene rings is 2. The molecule has 0 saturated carbocycles. The van der Waals surface area contributed by atoms with Crippen molar-refractivity contribution in [1.82, 2.24) is 4.90 Å². The van der Waals surface area contributed by atoms with Gasteiger partial charge in [-0.25, -0.2) is 4.79 Å². The van der Waals surface area contributed by atoms with Gasteiger partial charge in [-0.3, -0.25) is 14.7 Å². The van der Waals surface area contributed by atoms with E-state index < -0.39 is 5.97 Å². The Bertz CT molecular complexity index is 1020. The van der Waals surface area contributed by atoms with E-state index in [1.807, 2.05) is 38.1 Å². The molecule has 8 heteroatoms. The molecule has 2 aromatic rings. The van der Waals surface area contributed by atoms with E-state index in [9.17, 15) is 9.59 Å². The highest BCUT2D eigenvalue weighted by atomic mass is 127. The van der Waals surface area contributed by atoms with Gasteiger partial charge >= 0.3 is 5.97 Å². The third-order valence-electron chi connectivity index (χ3n) is 4.35. The molecule has 0 spiro atoms. The Morgan fingerprint density at radius 3 is 2.57 bits per heavy atom. The van der Waals surface area contributed by atoms with Crippen LogP contribution in [0.15, 0.2) is 52.4 Å². The van der Waals surface area contributed by atoms with Gasteiger partial charge in [-0.15, -0.1) is 0 Å². The molecule has 1 saturated heterocycles. The van der Waals surface area contributed by atoms with Crippen LogP contribution < -0.4 is 4.74 Å². The summed E-state index contributed by atoms with van der Waals surface area (Å²) in [4.78, 5) is 30.3. The maximum Gasteiger partial charge on any atom is 0.335 e. The van der Waals surface area contributed by atoms with E-state index in [0.29, 0.717) is 24.6 Å². The average Bonchev–Trinajstić information content (AvgIpc) is 3.02. The summed E-state index contributed by atoms with van der Waals surface area (Å²) >= 11 is 3.61. The number of amidine groups is 1. The Balaban J connectivity index is 1.71. The summed E-state index contributed by atoms with van der Waals surface area (Å²) in [6.45, 7) is 5.47.